The maximum Gasteiger partial charge on any atom is 0.238 e. The molecule has 1 aromatic heterocycles. The summed E-state index contributed by atoms with van der Waals surface area (Å²) < 4.78 is 14.3. The first-order valence-corrected chi connectivity index (χ1v) is 4.38. The number of Topliss-reactive ketones (excluding diaryl/α,β-unsaturated/α-hetero) is 1. The van der Waals surface area contributed by atoms with Crippen LogP contribution in [-0.2, 0) is 0 Å². The van der Waals surface area contributed by atoms with Gasteiger partial charge in [0.2, 0.25) is 5.78 Å². The Morgan fingerprint density at radius 1 is 1.64 bits per heavy atom. The molecule has 0 N–H and O–H groups in total. The second-order valence-electron chi connectivity index (χ2n) is 3.39. The van der Waals surface area contributed by atoms with Gasteiger partial charge in [0.15, 0.2) is 5.83 Å². The first kappa shape index (κ1) is 10.6. The van der Waals surface area contributed by atoms with Gasteiger partial charge in [0.05, 0.1) is 6.20 Å². The topological polar surface area (TPSA) is 34.9 Å². The molecule has 14 heavy (non-hydrogen) atoms. The van der Waals surface area contributed by atoms with Crippen molar-refractivity contribution in [3.63, 3.8) is 0 Å². The van der Waals surface area contributed by atoms with Crippen LogP contribution in [0.5, 0.6) is 0 Å². The zero-order valence-corrected chi connectivity index (χ0v) is 8.54. The van der Waals surface area contributed by atoms with Crippen LogP contribution in [0.3, 0.4) is 0 Å². The van der Waals surface area contributed by atoms with E-state index in [1.807, 2.05) is 13.8 Å². The second-order valence-corrected chi connectivity index (χ2v) is 3.39. The molecule has 0 bridgehead atoms. The quantitative estimate of drug-likeness (QED) is 0.549. The van der Waals surface area contributed by atoms with E-state index in [1.165, 1.54) is 6.20 Å². The summed E-state index contributed by atoms with van der Waals surface area (Å²) in [5, 5.41) is 0. The third-order valence-electron chi connectivity index (χ3n) is 1.98. The van der Waals surface area contributed by atoms with Gasteiger partial charge in [-0.2, -0.15) is 0 Å². The normalized spacial score (nSPS) is 10.6. The summed E-state index contributed by atoms with van der Waals surface area (Å²) in [7, 11) is 0. The summed E-state index contributed by atoms with van der Waals surface area (Å²) in [6, 6.07) is 0.0794. The summed E-state index contributed by atoms with van der Waals surface area (Å²) in [5.41, 5.74) is 0.255. The predicted molar refractivity (Wildman–Crippen MR) is 51.9 cm³/mol. The van der Waals surface area contributed by atoms with E-state index in [1.54, 1.807) is 11.5 Å². The molecule has 1 aromatic rings. The van der Waals surface area contributed by atoms with Crippen molar-refractivity contribution in [1.82, 2.24) is 9.55 Å². The largest absolute Gasteiger partial charge is 0.323 e. The number of rotatable bonds is 3. The Labute approximate surface area is 82.3 Å². The van der Waals surface area contributed by atoms with Crippen molar-refractivity contribution >= 4 is 5.78 Å². The summed E-state index contributed by atoms with van der Waals surface area (Å²) in [6.45, 7) is 8.58. The minimum Gasteiger partial charge on any atom is -0.323 e. The lowest BCUT2D eigenvalue weighted by atomic mass is 10.2. The maximum atomic E-state index is 12.6. The van der Waals surface area contributed by atoms with Crippen molar-refractivity contribution in [2.24, 2.45) is 0 Å². The van der Waals surface area contributed by atoms with Crippen LogP contribution in [0, 0.1) is 6.92 Å². The highest BCUT2D eigenvalue weighted by molar-refractivity contribution is 6.05. The van der Waals surface area contributed by atoms with Crippen LogP contribution in [0.2, 0.25) is 0 Å². The molecular formula is C10H13FN2O. The van der Waals surface area contributed by atoms with Crippen molar-refractivity contribution in [3.05, 3.63) is 30.1 Å². The molecule has 4 heteroatoms. The number of imidazole rings is 1. The van der Waals surface area contributed by atoms with Crippen LogP contribution in [0.15, 0.2) is 18.6 Å². The van der Waals surface area contributed by atoms with Crippen LogP contribution in [-0.4, -0.2) is 15.3 Å². The zero-order valence-electron chi connectivity index (χ0n) is 8.54. The lowest BCUT2D eigenvalue weighted by Crippen LogP contribution is -2.12. The van der Waals surface area contributed by atoms with Crippen LogP contribution >= 0.6 is 0 Å². The number of halogens is 1. The van der Waals surface area contributed by atoms with Crippen molar-refractivity contribution in [1.29, 1.82) is 0 Å². The van der Waals surface area contributed by atoms with Gasteiger partial charge in [-0.1, -0.05) is 6.58 Å². The van der Waals surface area contributed by atoms with Gasteiger partial charge in [-0.05, 0) is 20.8 Å². The Morgan fingerprint density at radius 3 is 2.64 bits per heavy atom. The fourth-order valence-electron chi connectivity index (χ4n) is 1.41. The van der Waals surface area contributed by atoms with Gasteiger partial charge < -0.3 is 4.57 Å². The average molecular weight is 196 g/mol. The summed E-state index contributed by atoms with van der Waals surface area (Å²) in [6.07, 6.45) is 1.38. The molecule has 0 saturated carbocycles. The number of carbonyl (C=O) groups excluding carboxylic acids is 1. The van der Waals surface area contributed by atoms with Crippen LogP contribution in [0.1, 0.15) is 36.2 Å². The van der Waals surface area contributed by atoms with Crippen molar-refractivity contribution < 1.29 is 9.18 Å². The highest BCUT2D eigenvalue weighted by Gasteiger charge is 2.18. The molecule has 0 aromatic carbocycles. The molecule has 0 saturated heterocycles. The first-order valence-electron chi connectivity index (χ1n) is 4.38. The number of allylic oxidation sites excluding steroid dienone is 1. The number of ketones is 1. The predicted octanol–water partition coefficient (Wildman–Crippen LogP) is 2.44. The van der Waals surface area contributed by atoms with Gasteiger partial charge >= 0.3 is 0 Å². The van der Waals surface area contributed by atoms with Gasteiger partial charge in [0, 0.05) is 6.04 Å². The fraction of sp³-hybridized carbons (Fsp3) is 0.400. The Balaban J connectivity index is 3.22. The van der Waals surface area contributed by atoms with Crippen molar-refractivity contribution in [3.8, 4) is 0 Å². The van der Waals surface area contributed by atoms with E-state index < -0.39 is 11.6 Å². The average Bonchev–Trinajstić information content (AvgIpc) is 2.45. The van der Waals surface area contributed by atoms with E-state index in [9.17, 15) is 9.18 Å². The molecule has 0 aliphatic carbocycles. The molecule has 0 fully saturated rings. The van der Waals surface area contributed by atoms with Gasteiger partial charge in [0.25, 0.3) is 0 Å². The highest BCUT2D eigenvalue weighted by atomic mass is 19.1. The molecule has 1 heterocycles. The van der Waals surface area contributed by atoms with Crippen LogP contribution < -0.4 is 0 Å². The minimum atomic E-state index is -0.952. The van der Waals surface area contributed by atoms with E-state index in [0.29, 0.717) is 5.82 Å². The monoisotopic (exact) mass is 196 g/mol. The highest BCUT2D eigenvalue weighted by Crippen LogP contribution is 2.16. The number of carbonyl (C=O) groups is 1. The lowest BCUT2D eigenvalue weighted by Gasteiger charge is -2.12. The summed E-state index contributed by atoms with van der Waals surface area (Å²) in [5.74, 6) is -0.948. The molecule has 0 radical (unpaired) electrons. The summed E-state index contributed by atoms with van der Waals surface area (Å²) >= 11 is 0. The number of aromatic nitrogens is 2. The third-order valence-corrected chi connectivity index (χ3v) is 1.98. The third kappa shape index (κ3) is 1.73. The van der Waals surface area contributed by atoms with E-state index in [0.717, 1.165) is 0 Å². The Kier molecular flexibility index (Phi) is 2.84. The van der Waals surface area contributed by atoms with Crippen molar-refractivity contribution in [2.45, 2.75) is 26.8 Å². The second kappa shape index (κ2) is 3.74. The number of aryl methyl sites for hydroxylation is 1. The van der Waals surface area contributed by atoms with Gasteiger partial charge in [0.1, 0.15) is 11.5 Å². The molecule has 1 rings (SSSR count). The van der Waals surface area contributed by atoms with Crippen molar-refractivity contribution in [2.75, 3.05) is 0 Å². The summed E-state index contributed by atoms with van der Waals surface area (Å²) in [4.78, 5) is 15.3. The Bertz CT molecular complexity index is 379. The van der Waals surface area contributed by atoms with Crippen LogP contribution in [0.25, 0.3) is 0 Å². The Morgan fingerprint density at radius 2 is 2.21 bits per heavy atom. The van der Waals surface area contributed by atoms with E-state index in [4.69, 9.17) is 0 Å². The SMILES string of the molecule is C=C(F)C(=O)c1cnc(C)n1C(C)C. The van der Waals surface area contributed by atoms with Gasteiger partial charge in [-0.3, -0.25) is 4.79 Å². The maximum absolute atomic E-state index is 12.6. The van der Waals surface area contributed by atoms with Crippen LogP contribution in [0.4, 0.5) is 4.39 Å². The first-order chi connectivity index (χ1) is 6.45. The fourth-order valence-corrected chi connectivity index (χ4v) is 1.41. The molecule has 0 amide bonds. The van der Waals surface area contributed by atoms with E-state index in [2.05, 4.69) is 11.6 Å². The number of nitrogens with zero attached hydrogens (tertiary/aromatic N) is 2. The minimum absolute atomic E-state index is 0.0794. The van der Waals surface area contributed by atoms with Gasteiger partial charge in [-0.25, -0.2) is 9.37 Å². The standard InChI is InChI=1S/C10H13FN2O/c1-6(2)13-8(4)12-5-9(13)10(14)7(3)11/h5-6H,3H2,1-2,4H3. The zero-order chi connectivity index (χ0) is 10.9. The molecule has 0 spiro atoms. The molecule has 3 nitrogen and oxygen atoms in total. The molecule has 0 aliphatic rings. The Hall–Kier alpha value is -1.45. The molecule has 0 unspecified atom stereocenters. The molecule has 0 aliphatic heterocycles. The number of hydrogen-bond donors (Lipinski definition) is 0. The smallest absolute Gasteiger partial charge is 0.238 e. The van der Waals surface area contributed by atoms with E-state index in [-0.39, 0.29) is 11.7 Å². The van der Waals surface area contributed by atoms with E-state index >= 15 is 0 Å². The molecular weight excluding hydrogens is 183 g/mol. The lowest BCUT2D eigenvalue weighted by molar-refractivity contribution is 0.0995. The van der Waals surface area contributed by atoms with Gasteiger partial charge in [-0.15, -0.1) is 0 Å². The molecule has 0 atom stereocenters. The number of hydrogen-bond acceptors (Lipinski definition) is 2. The molecule has 76 valence electrons.